The minimum Gasteiger partial charge on any atom is -0.468 e. The molecule has 0 spiro atoms. The maximum absolute atomic E-state index is 13.4. The molecule has 1 atom stereocenters. The van der Waals surface area contributed by atoms with Gasteiger partial charge in [0.25, 0.3) is 0 Å². The van der Waals surface area contributed by atoms with E-state index in [0.717, 1.165) is 18.2 Å². The third-order valence-corrected chi connectivity index (χ3v) is 2.81. The number of nitrogens with one attached hydrogen (secondary N) is 2. The fourth-order valence-corrected chi connectivity index (χ4v) is 1.71. The van der Waals surface area contributed by atoms with Crippen LogP contribution in [0.1, 0.15) is 13.8 Å². The van der Waals surface area contributed by atoms with Crippen molar-refractivity contribution in [3.63, 3.8) is 0 Å². The Morgan fingerprint density at radius 2 is 1.95 bits per heavy atom. The van der Waals surface area contributed by atoms with Crippen LogP contribution in [0.4, 0.5) is 14.5 Å². The van der Waals surface area contributed by atoms with Crippen LogP contribution in [-0.2, 0) is 14.3 Å². The van der Waals surface area contributed by atoms with Gasteiger partial charge in [-0.2, -0.15) is 0 Å². The fraction of sp³-hybridized carbons (Fsp3) is 0.429. The predicted molar refractivity (Wildman–Crippen MR) is 73.6 cm³/mol. The Kier molecular flexibility index (Phi) is 6.23. The molecule has 0 aliphatic carbocycles. The molecule has 7 heteroatoms. The standard InChI is InChI=1S/C14H18F2N2O3/c1-8(2)13(14(20)21-3)17-7-12(19)18-11-6-9(15)4-5-10(11)16/h4-6,8,13,17H,7H2,1-3H3,(H,18,19). The van der Waals surface area contributed by atoms with Crippen LogP contribution < -0.4 is 10.6 Å². The molecular formula is C14H18F2N2O3. The molecule has 1 unspecified atom stereocenters. The van der Waals surface area contributed by atoms with E-state index in [9.17, 15) is 18.4 Å². The molecule has 116 valence electrons. The Morgan fingerprint density at radius 1 is 1.29 bits per heavy atom. The first-order valence-electron chi connectivity index (χ1n) is 6.41. The van der Waals surface area contributed by atoms with Crippen molar-refractivity contribution >= 4 is 17.6 Å². The van der Waals surface area contributed by atoms with Gasteiger partial charge < -0.3 is 10.1 Å². The van der Waals surface area contributed by atoms with Crippen LogP contribution in [0.15, 0.2) is 18.2 Å². The molecule has 0 fully saturated rings. The first-order chi connectivity index (χ1) is 9.85. The molecule has 0 aliphatic rings. The number of ether oxygens (including phenoxy) is 1. The number of methoxy groups -OCH3 is 1. The zero-order valence-electron chi connectivity index (χ0n) is 12.1. The molecule has 21 heavy (non-hydrogen) atoms. The Morgan fingerprint density at radius 3 is 2.52 bits per heavy atom. The van der Waals surface area contributed by atoms with Gasteiger partial charge in [-0.15, -0.1) is 0 Å². The molecule has 1 aromatic rings. The van der Waals surface area contributed by atoms with Crippen molar-refractivity contribution in [2.45, 2.75) is 19.9 Å². The van der Waals surface area contributed by atoms with Crippen LogP contribution in [0, 0.1) is 17.6 Å². The topological polar surface area (TPSA) is 67.4 Å². The number of esters is 1. The molecule has 5 nitrogen and oxygen atoms in total. The second kappa shape index (κ2) is 7.68. The predicted octanol–water partition coefficient (Wildman–Crippen LogP) is 1.69. The molecular weight excluding hydrogens is 282 g/mol. The van der Waals surface area contributed by atoms with E-state index in [2.05, 4.69) is 15.4 Å². The van der Waals surface area contributed by atoms with Crippen LogP contribution in [0.2, 0.25) is 0 Å². The van der Waals surface area contributed by atoms with Gasteiger partial charge in [0.15, 0.2) is 0 Å². The van der Waals surface area contributed by atoms with Gasteiger partial charge in [0.05, 0.1) is 19.3 Å². The zero-order valence-corrected chi connectivity index (χ0v) is 12.1. The molecule has 1 rings (SSSR count). The Bertz CT molecular complexity index is 521. The lowest BCUT2D eigenvalue weighted by molar-refractivity contribution is -0.144. The number of hydrogen-bond acceptors (Lipinski definition) is 4. The lowest BCUT2D eigenvalue weighted by atomic mass is 10.0. The lowest BCUT2D eigenvalue weighted by Crippen LogP contribution is -2.45. The number of anilines is 1. The highest BCUT2D eigenvalue weighted by Crippen LogP contribution is 2.14. The summed E-state index contributed by atoms with van der Waals surface area (Å²) in [5.41, 5.74) is -0.249. The molecule has 1 aromatic carbocycles. The van der Waals surface area contributed by atoms with E-state index < -0.39 is 29.6 Å². The summed E-state index contributed by atoms with van der Waals surface area (Å²) in [5, 5.41) is 4.95. The van der Waals surface area contributed by atoms with E-state index in [1.54, 1.807) is 13.8 Å². The van der Waals surface area contributed by atoms with E-state index in [1.807, 2.05) is 0 Å². The number of carbonyl (C=O) groups is 2. The summed E-state index contributed by atoms with van der Waals surface area (Å²) in [7, 11) is 1.25. The van der Waals surface area contributed by atoms with Crippen LogP contribution in [0.25, 0.3) is 0 Å². The monoisotopic (exact) mass is 300 g/mol. The molecule has 2 N–H and O–H groups in total. The second-order valence-electron chi connectivity index (χ2n) is 4.80. The molecule has 0 aromatic heterocycles. The number of hydrogen-bond donors (Lipinski definition) is 2. The van der Waals surface area contributed by atoms with Gasteiger partial charge in [0, 0.05) is 6.07 Å². The van der Waals surface area contributed by atoms with Gasteiger partial charge in [-0.05, 0) is 18.1 Å². The molecule has 0 saturated heterocycles. The maximum Gasteiger partial charge on any atom is 0.323 e. The van der Waals surface area contributed by atoms with Crippen molar-refractivity contribution in [1.82, 2.24) is 5.32 Å². The highest BCUT2D eigenvalue weighted by molar-refractivity contribution is 5.92. The van der Waals surface area contributed by atoms with E-state index in [4.69, 9.17) is 0 Å². The van der Waals surface area contributed by atoms with Crippen LogP contribution in [-0.4, -0.2) is 31.6 Å². The number of rotatable bonds is 6. The second-order valence-corrected chi connectivity index (χ2v) is 4.80. The molecule has 0 bridgehead atoms. The molecule has 0 aliphatic heterocycles. The largest absolute Gasteiger partial charge is 0.468 e. The van der Waals surface area contributed by atoms with Crippen LogP contribution in [0.3, 0.4) is 0 Å². The van der Waals surface area contributed by atoms with E-state index in [-0.39, 0.29) is 18.2 Å². The van der Waals surface area contributed by atoms with Gasteiger partial charge in [-0.1, -0.05) is 13.8 Å². The van der Waals surface area contributed by atoms with Crippen molar-refractivity contribution in [3.05, 3.63) is 29.8 Å². The average molecular weight is 300 g/mol. The first kappa shape index (κ1) is 17.0. The lowest BCUT2D eigenvalue weighted by Gasteiger charge is -2.19. The van der Waals surface area contributed by atoms with E-state index >= 15 is 0 Å². The smallest absolute Gasteiger partial charge is 0.323 e. The van der Waals surface area contributed by atoms with Crippen molar-refractivity contribution < 1.29 is 23.1 Å². The highest BCUT2D eigenvalue weighted by Gasteiger charge is 2.23. The van der Waals surface area contributed by atoms with E-state index in [1.165, 1.54) is 7.11 Å². The summed E-state index contributed by atoms with van der Waals surface area (Å²) in [6, 6.07) is 2.10. The Labute approximate surface area is 121 Å². The molecule has 0 radical (unpaired) electrons. The summed E-state index contributed by atoms with van der Waals surface area (Å²) in [6.45, 7) is 3.35. The average Bonchev–Trinajstić information content (AvgIpc) is 2.42. The van der Waals surface area contributed by atoms with Crippen molar-refractivity contribution in [2.24, 2.45) is 5.92 Å². The van der Waals surface area contributed by atoms with Crippen molar-refractivity contribution in [3.8, 4) is 0 Å². The van der Waals surface area contributed by atoms with Crippen molar-refractivity contribution in [2.75, 3.05) is 19.0 Å². The van der Waals surface area contributed by atoms with E-state index in [0.29, 0.717) is 0 Å². The number of benzene rings is 1. The minimum absolute atomic E-state index is 0.0869. The SMILES string of the molecule is COC(=O)C(NCC(=O)Nc1cc(F)ccc1F)C(C)C. The summed E-state index contributed by atoms with van der Waals surface area (Å²) < 4.78 is 31.0. The van der Waals surface area contributed by atoms with Crippen LogP contribution >= 0.6 is 0 Å². The number of amides is 1. The van der Waals surface area contributed by atoms with Gasteiger partial charge in [-0.3, -0.25) is 14.9 Å². The quantitative estimate of drug-likeness (QED) is 0.785. The third kappa shape index (κ3) is 5.11. The fourth-order valence-electron chi connectivity index (χ4n) is 1.71. The van der Waals surface area contributed by atoms with Crippen molar-refractivity contribution in [1.29, 1.82) is 0 Å². The van der Waals surface area contributed by atoms with Gasteiger partial charge in [-0.25, -0.2) is 8.78 Å². The van der Waals surface area contributed by atoms with Gasteiger partial charge in [0.2, 0.25) is 5.91 Å². The molecule has 0 heterocycles. The molecule has 0 saturated carbocycles. The van der Waals surface area contributed by atoms with Crippen LogP contribution in [0.5, 0.6) is 0 Å². The number of halogens is 2. The maximum atomic E-state index is 13.4. The first-order valence-corrected chi connectivity index (χ1v) is 6.41. The minimum atomic E-state index is -0.738. The zero-order chi connectivity index (χ0) is 16.0. The molecule has 1 amide bonds. The summed E-state index contributed by atoms with van der Waals surface area (Å²) in [4.78, 5) is 23.2. The third-order valence-electron chi connectivity index (χ3n) is 2.81. The summed E-state index contributed by atoms with van der Waals surface area (Å²) in [6.07, 6.45) is 0. The Balaban J connectivity index is 2.61. The number of carbonyl (C=O) groups excluding carboxylic acids is 2. The van der Waals surface area contributed by atoms with Gasteiger partial charge >= 0.3 is 5.97 Å². The normalized spacial score (nSPS) is 12.1. The van der Waals surface area contributed by atoms with Gasteiger partial charge in [0.1, 0.15) is 17.7 Å². The Hall–Kier alpha value is -2.02. The summed E-state index contributed by atoms with van der Waals surface area (Å²) >= 11 is 0. The summed E-state index contributed by atoms with van der Waals surface area (Å²) in [5.74, 6) is -2.56. The highest BCUT2D eigenvalue weighted by atomic mass is 19.1.